The topological polar surface area (TPSA) is 187 Å². The molecule has 4 aliphatic rings. The number of fused-ring (bicyclic) bond motifs is 1. The van der Waals surface area contributed by atoms with Crippen molar-refractivity contribution >= 4 is 41.6 Å². The van der Waals surface area contributed by atoms with Crippen LogP contribution in [-0.4, -0.2) is 123 Å². The average molecular weight is 961 g/mol. The Labute approximate surface area is 401 Å². The van der Waals surface area contributed by atoms with E-state index < -0.39 is 109 Å². The van der Waals surface area contributed by atoms with Gasteiger partial charge in [0.1, 0.15) is 36.3 Å². The molecule has 358 valence electrons. The number of hydrogen-bond acceptors (Lipinski definition) is 17. The predicted octanol–water partition coefficient (Wildman–Crippen LogP) is 6.53. The molecule has 0 saturated carbocycles. The van der Waals surface area contributed by atoms with Gasteiger partial charge in [0.15, 0.2) is 37.2 Å². The molecular weight excluding hydrogens is 913 g/mol. The summed E-state index contributed by atoms with van der Waals surface area (Å²) in [5, 5.41) is -1.59. The van der Waals surface area contributed by atoms with E-state index in [-0.39, 0.29) is 35.5 Å². The number of thioether (sulfide) groups is 1. The van der Waals surface area contributed by atoms with Crippen LogP contribution in [0.25, 0.3) is 0 Å². The summed E-state index contributed by atoms with van der Waals surface area (Å²) in [5.74, 6) is -3.56. The lowest BCUT2D eigenvalue weighted by Crippen LogP contribution is -2.67. The smallest absolute Gasteiger partial charge is 0.338 e. The number of benzene rings is 5. The zero-order chi connectivity index (χ0) is 47.7. The van der Waals surface area contributed by atoms with Gasteiger partial charge in [-0.1, -0.05) is 103 Å². The Kier molecular flexibility index (Phi) is 15.4. The van der Waals surface area contributed by atoms with Crippen molar-refractivity contribution in [2.24, 2.45) is 0 Å². The number of rotatable bonds is 15. The number of carbonyl (C=O) groups is 5. The van der Waals surface area contributed by atoms with E-state index in [9.17, 15) is 24.0 Å². The highest BCUT2D eigenvalue weighted by molar-refractivity contribution is 8.01. The number of cyclic esters (lactones) is 1. The van der Waals surface area contributed by atoms with Gasteiger partial charge in [-0.15, -0.1) is 11.8 Å². The van der Waals surface area contributed by atoms with Crippen molar-refractivity contribution in [3.63, 3.8) is 0 Å². The molecular formula is C52H48O16S. The summed E-state index contributed by atoms with van der Waals surface area (Å²) >= 11 is 1.19. The number of hydrogen-bond donors (Lipinski definition) is 0. The fourth-order valence-corrected chi connectivity index (χ4v) is 9.92. The molecule has 0 aliphatic carbocycles. The van der Waals surface area contributed by atoms with Gasteiger partial charge in [-0.2, -0.15) is 0 Å². The summed E-state index contributed by atoms with van der Waals surface area (Å²) in [6.45, 7) is -0.370. The van der Waals surface area contributed by atoms with Crippen molar-refractivity contribution in [1.29, 1.82) is 0 Å². The second-order valence-electron chi connectivity index (χ2n) is 16.3. The molecule has 4 aliphatic heterocycles. The number of carbonyl (C=O) groups excluding carboxylic acids is 5. The van der Waals surface area contributed by atoms with Crippen molar-refractivity contribution < 1.29 is 76.1 Å². The van der Waals surface area contributed by atoms with E-state index in [2.05, 4.69) is 0 Å². The molecule has 0 aromatic heterocycles. The van der Waals surface area contributed by atoms with Crippen molar-refractivity contribution in [2.45, 2.75) is 78.5 Å². The fraction of sp³-hybridized carbons (Fsp3) is 0.327. The third-order valence-electron chi connectivity index (χ3n) is 11.8. The maximum Gasteiger partial charge on any atom is 0.338 e. The third kappa shape index (κ3) is 11.2. The lowest BCUT2D eigenvalue weighted by molar-refractivity contribution is -0.365. The minimum Gasteiger partial charge on any atom is -0.465 e. The molecule has 0 bridgehead atoms. The van der Waals surface area contributed by atoms with Crippen molar-refractivity contribution in [2.75, 3.05) is 26.9 Å². The first kappa shape index (κ1) is 47.6. The van der Waals surface area contributed by atoms with E-state index in [1.54, 1.807) is 121 Å². The van der Waals surface area contributed by atoms with Crippen LogP contribution in [0.3, 0.4) is 0 Å². The van der Waals surface area contributed by atoms with E-state index in [4.69, 9.17) is 52.1 Å². The highest BCUT2D eigenvalue weighted by atomic mass is 32.2. The van der Waals surface area contributed by atoms with Gasteiger partial charge in [0.25, 0.3) is 0 Å². The lowest BCUT2D eigenvalue weighted by atomic mass is 9.96. The van der Waals surface area contributed by atoms with Gasteiger partial charge in [-0.3, -0.25) is 4.79 Å². The predicted molar refractivity (Wildman–Crippen MR) is 244 cm³/mol. The molecule has 12 atom stereocenters. The molecule has 0 spiro atoms. The summed E-state index contributed by atoms with van der Waals surface area (Å²) in [5.41, 5.74) is 1.47. The molecule has 2 unspecified atom stereocenters. The van der Waals surface area contributed by atoms with E-state index in [1.165, 1.54) is 18.9 Å². The Morgan fingerprint density at radius 1 is 0.580 bits per heavy atom. The normalized spacial score (nSPS) is 28.6. The molecule has 5 aromatic rings. The molecule has 9 rings (SSSR count). The summed E-state index contributed by atoms with van der Waals surface area (Å²) in [6, 6.07) is 42.0. The van der Waals surface area contributed by atoms with Gasteiger partial charge in [0, 0.05) is 19.1 Å². The summed E-state index contributed by atoms with van der Waals surface area (Å²) in [7, 11) is 1.31. The molecule has 5 aromatic carbocycles. The minimum atomic E-state index is -1.59. The zero-order valence-corrected chi connectivity index (χ0v) is 37.9. The molecule has 0 amide bonds. The molecule has 69 heavy (non-hydrogen) atoms. The minimum absolute atomic E-state index is 0.0373. The van der Waals surface area contributed by atoms with Crippen LogP contribution in [0.4, 0.5) is 0 Å². The lowest BCUT2D eigenvalue weighted by Gasteiger charge is -2.51. The van der Waals surface area contributed by atoms with Gasteiger partial charge in [0.05, 0.1) is 40.7 Å². The van der Waals surface area contributed by atoms with Crippen LogP contribution in [0.2, 0.25) is 0 Å². The third-order valence-corrected chi connectivity index (χ3v) is 13.4. The second kappa shape index (κ2) is 22.3. The maximum absolute atomic E-state index is 14.3. The van der Waals surface area contributed by atoms with Crippen molar-refractivity contribution in [3.05, 3.63) is 179 Å². The zero-order valence-electron chi connectivity index (χ0n) is 37.1. The van der Waals surface area contributed by atoms with E-state index >= 15 is 0 Å². The number of esters is 5. The van der Waals surface area contributed by atoms with E-state index in [0.29, 0.717) is 6.42 Å². The van der Waals surface area contributed by atoms with E-state index in [0.717, 1.165) is 5.56 Å². The van der Waals surface area contributed by atoms with Crippen LogP contribution < -0.4 is 0 Å². The van der Waals surface area contributed by atoms with Crippen LogP contribution in [-0.2, 0) is 56.9 Å². The van der Waals surface area contributed by atoms with Crippen LogP contribution in [0.15, 0.2) is 152 Å². The van der Waals surface area contributed by atoms with Crippen LogP contribution in [0, 0.1) is 0 Å². The molecule has 0 N–H and O–H groups in total. The molecule has 4 fully saturated rings. The van der Waals surface area contributed by atoms with Crippen LogP contribution in [0.5, 0.6) is 0 Å². The monoisotopic (exact) mass is 960 g/mol. The number of ether oxygens (including phenoxy) is 11. The Morgan fingerprint density at radius 2 is 1.09 bits per heavy atom. The van der Waals surface area contributed by atoms with Gasteiger partial charge < -0.3 is 52.1 Å². The largest absolute Gasteiger partial charge is 0.465 e. The van der Waals surface area contributed by atoms with Crippen molar-refractivity contribution in [3.8, 4) is 0 Å². The summed E-state index contributed by atoms with van der Waals surface area (Å²) < 4.78 is 69.0. The molecule has 0 radical (unpaired) electrons. The first-order chi connectivity index (χ1) is 33.7. The first-order valence-electron chi connectivity index (χ1n) is 22.4. The quantitative estimate of drug-likeness (QED) is 0.0813. The first-order valence-corrected chi connectivity index (χ1v) is 23.3. The fourth-order valence-electron chi connectivity index (χ4n) is 8.40. The van der Waals surface area contributed by atoms with Crippen LogP contribution >= 0.6 is 11.8 Å². The van der Waals surface area contributed by atoms with Gasteiger partial charge in [0.2, 0.25) is 0 Å². The molecule has 17 heteroatoms. The maximum atomic E-state index is 14.3. The number of methoxy groups -OCH3 is 1. The summed E-state index contributed by atoms with van der Waals surface area (Å²) in [4.78, 5) is 69.1. The Hall–Kier alpha value is -6.44. The average Bonchev–Trinajstić information content (AvgIpc) is 3.81. The second-order valence-corrected chi connectivity index (χ2v) is 17.7. The molecule has 4 heterocycles. The SMILES string of the molecule is CO[C@@H]1O[C@H](COC(=O)c2ccccc2)[C@@H](O[C@@H]2O[C@@H]3COC(c4ccccc4)O[C@@H]3[C@H](SC3CCOC3=O)[C@H]2OC(=O)c2ccccc2)[C@H](OC(=O)c2ccccc2)[C@H]1OC(=O)c1ccccc1. The van der Waals surface area contributed by atoms with Gasteiger partial charge in [-0.25, -0.2) is 19.2 Å². The van der Waals surface area contributed by atoms with Gasteiger partial charge in [-0.05, 0) is 48.5 Å². The highest BCUT2D eigenvalue weighted by Gasteiger charge is 2.58. The summed E-state index contributed by atoms with van der Waals surface area (Å²) in [6.07, 6.45) is -12.7. The molecule has 4 saturated heterocycles. The van der Waals surface area contributed by atoms with Gasteiger partial charge >= 0.3 is 29.8 Å². The van der Waals surface area contributed by atoms with E-state index in [1.807, 2.05) is 30.3 Å². The molecule has 16 nitrogen and oxygen atoms in total. The Morgan fingerprint density at radius 3 is 1.61 bits per heavy atom. The van der Waals surface area contributed by atoms with Crippen molar-refractivity contribution in [1.82, 2.24) is 0 Å². The Bertz CT molecular complexity index is 2520. The highest BCUT2D eigenvalue weighted by Crippen LogP contribution is 2.44. The Balaban J connectivity index is 1.13. The van der Waals surface area contributed by atoms with Crippen LogP contribution in [0.1, 0.15) is 59.7 Å². The standard InChI is InChI=1S/C52H48O16S/c1-58-51-42(65-47(55)33-21-11-4-12-22-33)41(64-46(54)32-19-9-3-10-20-32)39(36(62-51)29-60-45(53)31-17-7-2-8-18-31)67-52-43(66-48(56)34-23-13-5-14-24-34)44(69-38-27-28-59-49(38)57)40-37(63-52)30-61-50(68-40)35-25-15-6-16-26-35/h2-26,36-44,50-52H,27-30H2,1H3/t36-,37-,38?,39-,40+,41+,42-,43-,44+,50?,51-,52+/m1/s1.